The minimum absolute atomic E-state index is 0.133. The molecule has 94 valence electrons. The van der Waals surface area contributed by atoms with Gasteiger partial charge in [-0.3, -0.25) is 19.4 Å². The highest BCUT2D eigenvalue weighted by Crippen LogP contribution is 2.21. The predicted molar refractivity (Wildman–Crippen MR) is 73.3 cm³/mol. The van der Waals surface area contributed by atoms with E-state index >= 15 is 0 Å². The zero-order valence-electron chi connectivity index (χ0n) is 10.3. The van der Waals surface area contributed by atoms with Gasteiger partial charge in [-0.1, -0.05) is 19.1 Å². The lowest BCUT2D eigenvalue weighted by Gasteiger charge is -2.33. The lowest BCUT2D eigenvalue weighted by atomic mass is 10.1. The largest absolute Gasteiger partial charge is 0.291 e. The van der Waals surface area contributed by atoms with Gasteiger partial charge in [-0.2, -0.15) is 0 Å². The molecule has 0 bridgehead atoms. The second-order valence-electron chi connectivity index (χ2n) is 4.16. The molecule has 0 aliphatic carbocycles. The Hall–Kier alpha value is -1.75. The predicted octanol–water partition coefficient (Wildman–Crippen LogP) is 1.73. The van der Waals surface area contributed by atoms with Crippen LogP contribution in [0.1, 0.15) is 18.9 Å². The summed E-state index contributed by atoms with van der Waals surface area (Å²) in [6.45, 7) is 2.07. The van der Waals surface area contributed by atoms with Gasteiger partial charge in [-0.25, -0.2) is 0 Å². The number of anilines is 1. The summed E-state index contributed by atoms with van der Waals surface area (Å²) in [4.78, 5) is 26.1. The van der Waals surface area contributed by atoms with E-state index in [-0.39, 0.29) is 23.3 Å². The number of hydrogen-bond acceptors (Lipinski definition) is 3. The van der Waals surface area contributed by atoms with E-state index < -0.39 is 0 Å². The van der Waals surface area contributed by atoms with Gasteiger partial charge in [0.15, 0.2) is 5.11 Å². The summed E-state index contributed by atoms with van der Waals surface area (Å²) in [7, 11) is 1.59. The van der Waals surface area contributed by atoms with Crippen LogP contribution in [-0.2, 0) is 16.0 Å². The molecular formula is C13H14N2O2S. The second kappa shape index (κ2) is 4.86. The molecule has 0 atom stereocenters. The molecule has 0 N–H and O–H groups in total. The molecule has 1 aliphatic heterocycles. The first-order chi connectivity index (χ1) is 8.54. The maximum absolute atomic E-state index is 11.9. The third kappa shape index (κ3) is 2.13. The quantitative estimate of drug-likeness (QED) is 0.602. The standard InChI is InChI=1S/C13H14N2O2S/c1-3-9-4-6-10(7-5-9)15-12(17)8-11(16)14(2)13(15)18/h4-7H,3,8H2,1-2H3. The Morgan fingerprint density at radius 2 is 1.78 bits per heavy atom. The van der Waals surface area contributed by atoms with E-state index in [0.29, 0.717) is 5.69 Å². The molecule has 18 heavy (non-hydrogen) atoms. The van der Waals surface area contributed by atoms with E-state index in [2.05, 4.69) is 6.92 Å². The van der Waals surface area contributed by atoms with Crippen LogP contribution in [0.4, 0.5) is 5.69 Å². The van der Waals surface area contributed by atoms with Crippen molar-refractivity contribution in [1.82, 2.24) is 4.90 Å². The van der Waals surface area contributed by atoms with Crippen LogP contribution in [0.15, 0.2) is 24.3 Å². The summed E-state index contributed by atoms with van der Waals surface area (Å²) < 4.78 is 0. The maximum atomic E-state index is 11.9. The summed E-state index contributed by atoms with van der Waals surface area (Å²) in [6, 6.07) is 7.63. The van der Waals surface area contributed by atoms with E-state index in [1.165, 1.54) is 15.4 Å². The average Bonchev–Trinajstić information content (AvgIpc) is 2.37. The molecule has 1 aliphatic rings. The van der Waals surface area contributed by atoms with Crippen molar-refractivity contribution in [2.45, 2.75) is 19.8 Å². The van der Waals surface area contributed by atoms with Crippen LogP contribution in [0.5, 0.6) is 0 Å². The average molecular weight is 262 g/mol. The zero-order chi connectivity index (χ0) is 13.3. The van der Waals surface area contributed by atoms with Gasteiger partial charge in [-0.15, -0.1) is 0 Å². The van der Waals surface area contributed by atoms with Crippen LogP contribution in [0, 0.1) is 0 Å². The van der Waals surface area contributed by atoms with Gasteiger partial charge < -0.3 is 0 Å². The number of nitrogens with zero attached hydrogens (tertiary/aromatic N) is 2. The molecule has 2 amide bonds. The third-order valence-corrected chi connectivity index (χ3v) is 3.46. The summed E-state index contributed by atoms with van der Waals surface area (Å²) in [6.07, 6.45) is 0.809. The number of aryl methyl sites for hydroxylation is 1. The number of hydrogen-bond donors (Lipinski definition) is 0. The van der Waals surface area contributed by atoms with E-state index in [1.807, 2.05) is 24.3 Å². The van der Waals surface area contributed by atoms with Crippen LogP contribution in [0.2, 0.25) is 0 Å². The Labute approximate surface area is 111 Å². The first-order valence-corrected chi connectivity index (χ1v) is 6.18. The lowest BCUT2D eigenvalue weighted by molar-refractivity contribution is -0.132. The molecule has 0 spiro atoms. The molecule has 5 heteroatoms. The van der Waals surface area contributed by atoms with Crippen molar-refractivity contribution >= 4 is 34.8 Å². The van der Waals surface area contributed by atoms with Crippen molar-refractivity contribution in [2.75, 3.05) is 11.9 Å². The fourth-order valence-electron chi connectivity index (χ4n) is 1.83. The molecule has 1 fully saturated rings. The topological polar surface area (TPSA) is 40.6 Å². The van der Waals surface area contributed by atoms with Crippen LogP contribution >= 0.6 is 12.2 Å². The number of carbonyl (C=O) groups excluding carboxylic acids is 2. The normalized spacial score (nSPS) is 16.4. The van der Waals surface area contributed by atoms with Crippen LogP contribution < -0.4 is 4.90 Å². The molecule has 1 saturated heterocycles. The first-order valence-electron chi connectivity index (χ1n) is 5.77. The summed E-state index contributed by atoms with van der Waals surface area (Å²) in [5.41, 5.74) is 1.90. The minimum atomic E-state index is -0.271. The van der Waals surface area contributed by atoms with Crippen molar-refractivity contribution in [2.24, 2.45) is 0 Å². The van der Waals surface area contributed by atoms with Gasteiger partial charge in [0, 0.05) is 7.05 Å². The van der Waals surface area contributed by atoms with Crippen LogP contribution in [0.25, 0.3) is 0 Å². The number of carbonyl (C=O) groups is 2. The number of benzene rings is 1. The number of thiocarbonyl (C=S) groups is 1. The Kier molecular flexibility index (Phi) is 3.43. The Bertz CT molecular complexity index is 510. The van der Waals surface area contributed by atoms with E-state index in [4.69, 9.17) is 12.2 Å². The maximum Gasteiger partial charge on any atom is 0.242 e. The SMILES string of the molecule is CCc1ccc(N2C(=O)CC(=O)N(C)C2=S)cc1. The Morgan fingerprint density at radius 3 is 2.33 bits per heavy atom. The van der Waals surface area contributed by atoms with E-state index in [9.17, 15) is 9.59 Å². The molecule has 4 nitrogen and oxygen atoms in total. The highest BCUT2D eigenvalue weighted by atomic mass is 32.1. The number of amides is 2. The second-order valence-corrected chi connectivity index (χ2v) is 4.53. The van der Waals surface area contributed by atoms with Crippen LogP contribution in [-0.4, -0.2) is 28.9 Å². The first kappa shape index (κ1) is 12.7. The van der Waals surface area contributed by atoms with Gasteiger partial charge in [-0.05, 0) is 36.3 Å². The van der Waals surface area contributed by atoms with Crippen molar-refractivity contribution in [3.63, 3.8) is 0 Å². The number of rotatable bonds is 2. The van der Waals surface area contributed by atoms with Crippen molar-refractivity contribution in [3.05, 3.63) is 29.8 Å². The van der Waals surface area contributed by atoms with E-state index in [0.717, 1.165) is 6.42 Å². The Balaban J connectivity index is 2.33. The highest BCUT2D eigenvalue weighted by Gasteiger charge is 2.33. The zero-order valence-corrected chi connectivity index (χ0v) is 11.2. The van der Waals surface area contributed by atoms with Crippen LogP contribution in [0.3, 0.4) is 0 Å². The molecule has 0 unspecified atom stereocenters. The fourth-order valence-corrected chi connectivity index (χ4v) is 2.13. The van der Waals surface area contributed by atoms with Gasteiger partial charge in [0.25, 0.3) is 0 Å². The molecule has 0 aromatic heterocycles. The summed E-state index contributed by atoms with van der Waals surface area (Å²) in [5, 5.41) is 0.237. The molecule has 1 aromatic carbocycles. The van der Waals surface area contributed by atoms with Crippen molar-refractivity contribution in [3.8, 4) is 0 Å². The summed E-state index contributed by atoms with van der Waals surface area (Å²) >= 11 is 5.16. The molecule has 0 radical (unpaired) electrons. The Morgan fingerprint density at radius 1 is 1.17 bits per heavy atom. The van der Waals surface area contributed by atoms with Gasteiger partial charge in [0.05, 0.1) is 5.69 Å². The molecule has 1 heterocycles. The van der Waals surface area contributed by atoms with Crippen molar-refractivity contribution < 1.29 is 9.59 Å². The van der Waals surface area contributed by atoms with E-state index in [1.54, 1.807) is 7.05 Å². The van der Waals surface area contributed by atoms with Gasteiger partial charge in [0.2, 0.25) is 11.8 Å². The molecule has 2 rings (SSSR count). The molecule has 1 aromatic rings. The highest BCUT2D eigenvalue weighted by molar-refractivity contribution is 7.80. The molecule has 0 saturated carbocycles. The lowest BCUT2D eigenvalue weighted by Crippen LogP contribution is -2.53. The van der Waals surface area contributed by atoms with Gasteiger partial charge >= 0.3 is 0 Å². The van der Waals surface area contributed by atoms with Crippen molar-refractivity contribution in [1.29, 1.82) is 0 Å². The monoisotopic (exact) mass is 262 g/mol. The third-order valence-electron chi connectivity index (χ3n) is 3.01. The summed E-state index contributed by atoms with van der Waals surface area (Å²) in [5.74, 6) is -0.529. The smallest absolute Gasteiger partial charge is 0.242 e. The fraction of sp³-hybridized carbons (Fsp3) is 0.308. The molecular weight excluding hydrogens is 248 g/mol. The van der Waals surface area contributed by atoms with Gasteiger partial charge in [0.1, 0.15) is 6.42 Å². The minimum Gasteiger partial charge on any atom is -0.291 e.